The first-order chi connectivity index (χ1) is 10.1. The normalized spacial score (nSPS) is 15.0. The fourth-order valence-corrected chi connectivity index (χ4v) is 3.80. The maximum absolute atomic E-state index is 5.51. The largest absolute Gasteiger partial charge is 0.372 e. The molecule has 3 rings (SSSR count). The molecule has 2 aromatic carbocycles. The molecule has 21 heavy (non-hydrogen) atoms. The summed E-state index contributed by atoms with van der Waals surface area (Å²) in [6.45, 7) is 3.55. The van der Waals surface area contributed by atoms with Gasteiger partial charge in [-0.1, -0.05) is 50.1 Å². The fraction of sp³-hybridized carbons (Fsp3) is 0.294. The molecule has 4 heteroatoms. The second kappa shape index (κ2) is 6.21. The Bertz CT molecular complexity index is 685. The molecular weight excluding hydrogens is 394 g/mol. The molecule has 1 atom stereocenters. The van der Waals surface area contributed by atoms with E-state index in [0.717, 1.165) is 22.2 Å². The van der Waals surface area contributed by atoms with Gasteiger partial charge in [0.15, 0.2) is 0 Å². The lowest BCUT2D eigenvalue weighted by Crippen LogP contribution is -2.18. The van der Waals surface area contributed by atoms with E-state index in [1.54, 1.807) is 0 Å². The van der Waals surface area contributed by atoms with E-state index in [2.05, 4.69) is 74.4 Å². The zero-order chi connectivity index (χ0) is 15.0. The summed E-state index contributed by atoms with van der Waals surface area (Å²) < 4.78 is 7.76. The first kappa shape index (κ1) is 15.2. The van der Waals surface area contributed by atoms with Crippen molar-refractivity contribution < 1.29 is 4.74 Å². The van der Waals surface area contributed by atoms with Crippen LogP contribution in [0, 0.1) is 6.92 Å². The Balaban J connectivity index is 2.04. The number of hydrogen-bond donors (Lipinski definition) is 1. The van der Waals surface area contributed by atoms with Crippen molar-refractivity contribution in [2.75, 3.05) is 7.05 Å². The molecule has 1 N–H and O–H groups in total. The average molecular weight is 411 g/mol. The first-order valence-electron chi connectivity index (χ1n) is 6.92. The topological polar surface area (TPSA) is 21.3 Å². The smallest absolute Gasteiger partial charge is 0.0725 e. The van der Waals surface area contributed by atoms with Gasteiger partial charge in [0, 0.05) is 8.95 Å². The highest BCUT2D eigenvalue weighted by atomic mass is 79.9. The Labute approximate surface area is 142 Å². The molecule has 0 aromatic heterocycles. The van der Waals surface area contributed by atoms with Gasteiger partial charge in [-0.25, -0.2) is 0 Å². The maximum Gasteiger partial charge on any atom is 0.0725 e. The van der Waals surface area contributed by atoms with Gasteiger partial charge in [0.1, 0.15) is 0 Å². The van der Waals surface area contributed by atoms with Crippen molar-refractivity contribution in [2.45, 2.75) is 26.2 Å². The Hall–Kier alpha value is -0.680. The van der Waals surface area contributed by atoms with Crippen LogP contribution in [0.2, 0.25) is 0 Å². The third-order valence-corrected chi connectivity index (χ3v) is 5.50. The summed E-state index contributed by atoms with van der Waals surface area (Å²) in [4.78, 5) is 0. The number of aryl methyl sites for hydroxylation is 1. The fourth-order valence-electron chi connectivity index (χ4n) is 2.76. The molecule has 0 aliphatic carbocycles. The minimum absolute atomic E-state index is 0.155. The SMILES string of the molecule is CNC(c1ccc2c(c1)COC2)c1cc(Br)c(C)cc1Br. The van der Waals surface area contributed by atoms with E-state index in [-0.39, 0.29) is 6.04 Å². The molecule has 0 saturated heterocycles. The second-order valence-electron chi connectivity index (χ2n) is 5.37. The highest BCUT2D eigenvalue weighted by Gasteiger charge is 2.19. The summed E-state index contributed by atoms with van der Waals surface area (Å²) >= 11 is 7.33. The average Bonchev–Trinajstić information content (AvgIpc) is 2.92. The molecule has 0 spiro atoms. The predicted molar refractivity (Wildman–Crippen MR) is 92.4 cm³/mol. The van der Waals surface area contributed by atoms with Crippen LogP contribution < -0.4 is 5.32 Å². The van der Waals surface area contributed by atoms with Crippen LogP contribution in [0.5, 0.6) is 0 Å². The lowest BCUT2D eigenvalue weighted by atomic mass is 9.95. The van der Waals surface area contributed by atoms with Crippen LogP contribution in [0.1, 0.15) is 33.9 Å². The number of rotatable bonds is 3. The van der Waals surface area contributed by atoms with E-state index in [9.17, 15) is 0 Å². The molecular formula is C17H17Br2NO. The summed E-state index contributed by atoms with van der Waals surface area (Å²) in [7, 11) is 1.99. The van der Waals surface area contributed by atoms with Gasteiger partial charge in [-0.15, -0.1) is 0 Å². The van der Waals surface area contributed by atoms with Gasteiger partial charge in [0.05, 0.1) is 19.3 Å². The Morgan fingerprint density at radius 1 is 1.05 bits per heavy atom. The molecule has 110 valence electrons. The standard InChI is InChI=1S/C17H17Br2NO/c1-10-5-16(19)14(7-15(10)18)17(20-2)11-3-4-12-8-21-9-13(12)6-11/h3-7,17,20H,8-9H2,1-2H3. The minimum atomic E-state index is 0.155. The second-order valence-corrected chi connectivity index (χ2v) is 7.07. The lowest BCUT2D eigenvalue weighted by molar-refractivity contribution is 0.134. The number of nitrogens with one attached hydrogen (secondary N) is 1. The third-order valence-electron chi connectivity index (χ3n) is 3.96. The predicted octanol–water partition coefficient (Wildman–Crippen LogP) is 4.86. The molecule has 0 fully saturated rings. The Morgan fingerprint density at radius 2 is 1.81 bits per heavy atom. The van der Waals surface area contributed by atoms with E-state index >= 15 is 0 Å². The molecule has 1 aliphatic heterocycles. The number of halogens is 2. The van der Waals surface area contributed by atoms with E-state index in [1.807, 2.05) is 7.05 Å². The Kier molecular flexibility index (Phi) is 4.50. The molecule has 2 nitrogen and oxygen atoms in total. The molecule has 0 amide bonds. The number of fused-ring (bicyclic) bond motifs is 1. The molecule has 1 unspecified atom stereocenters. The van der Waals surface area contributed by atoms with Gasteiger partial charge in [0.25, 0.3) is 0 Å². The maximum atomic E-state index is 5.51. The molecule has 0 bridgehead atoms. The van der Waals surface area contributed by atoms with Gasteiger partial charge < -0.3 is 10.1 Å². The Morgan fingerprint density at radius 3 is 2.57 bits per heavy atom. The molecule has 1 heterocycles. The zero-order valence-corrected chi connectivity index (χ0v) is 15.2. The van der Waals surface area contributed by atoms with E-state index in [4.69, 9.17) is 4.74 Å². The van der Waals surface area contributed by atoms with Crippen LogP contribution in [-0.2, 0) is 18.0 Å². The molecule has 0 saturated carbocycles. The number of hydrogen-bond acceptors (Lipinski definition) is 2. The molecule has 0 radical (unpaired) electrons. The number of ether oxygens (including phenoxy) is 1. The quantitative estimate of drug-likeness (QED) is 0.780. The summed E-state index contributed by atoms with van der Waals surface area (Å²) in [5.41, 5.74) is 6.32. The van der Waals surface area contributed by atoms with Crippen molar-refractivity contribution in [3.05, 3.63) is 67.1 Å². The highest BCUT2D eigenvalue weighted by Crippen LogP contribution is 2.34. The summed E-state index contributed by atoms with van der Waals surface area (Å²) in [5.74, 6) is 0. The van der Waals surface area contributed by atoms with Crippen molar-refractivity contribution in [3.63, 3.8) is 0 Å². The summed E-state index contributed by atoms with van der Waals surface area (Å²) in [6.07, 6.45) is 0. The van der Waals surface area contributed by atoms with E-state index < -0.39 is 0 Å². The third kappa shape index (κ3) is 2.95. The van der Waals surface area contributed by atoms with Crippen molar-refractivity contribution >= 4 is 31.9 Å². The molecule has 2 aromatic rings. The minimum Gasteiger partial charge on any atom is -0.372 e. The van der Waals surface area contributed by atoms with Gasteiger partial charge in [-0.2, -0.15) is 0 Å². The van der Waals surface area contributed by atoms with Crippen molar-refractivity contribution in [1.82, 2.24) is 5.32 Å². The van der Waals surface area contributed by atoms with Crippen LogP contribution in [0.3, 0.4) is 0 Å². The van der Waals surface area contributed by atoms with Gasteiger partial charge in [0.2, 0.25) is 0 Å². The van der Waals surface area contributed by atoms with Gasteiger partial charge >= 0.3 is 0 Å². The van der Waals surface area contributed by atoms with Crippen LogP contribution in [0.4, 0.5) is 0 Å². The summed E-state index contributed by atoms with van der Waals surface area (Å²) in [6, 6.07) is 11.1. The molecule has 1 aliphatic rings. The van der Waals surface area contributed by atoms with Crippen LogP contribution in [0.25, 0.3) is 0 Å². The highest BCUT2D eigenvalue weighted by molar-refractivity contribution is 9.11. The van der Waals surface area contributed by atoms with E-state index in [1.165, 1.54) is 27.8 Å². The zero-order valence-electron chi connectivity index (χ0n) is 12.0. The van der Waals surface area contributed by atoms with Crippen LogP contribution >= 0.6 is 31.9 Å². The first-order valence-corrected chi connectivity index (χ1v) is 8.51. The van der Waals surface area contributed by atoms with Crippen LogP contribution in [-0.4, -0.2) is 7.05 Å². The van der Waals surface area contributed by atoms with Crippen LogP contribution in [0.15, 0.2) is 39.3 Å². The van der Waals surface area contributed by atoms with Gasteiger partial charge in [-0.05, 0) is 53.9 Å². The monoisotopic (exact) mass is 409 g/mol. The van der Waals surface area contributed by atoms with Crippen molar-refractivity contribution in [1.29, 1.82) is 0 Å². The number of benzene rings is 2. The van der Waals surface area contributed by atoms with Gasteiger partial charge in [-0.3, -0.25) is 0 Å². The lowest BCUT2D eigenvalue weighted by Gasteiger charge is -2.20. The van der Waals surface area contributed by atoms with Crippen molar-refractivity contribution in [2.24, 2.45) is 0 Å². The summed E-state index contributed by atoms with van der Waals surface area (Å²) in [5, 5.41) is 3.42. The van der Waals surface area contributed by atoms with E-state index in [0.29, 0.717) is 0 Å². The van der Waals surface area contributed by atoms with Crippen molar-refractivity contribution in [3.8, 4) is 0 Å².